The molecule has 0 unspecified atom stereocenters. The number of piperidine rings is 1. The Bertz CT molecular complexity index is 785. The van der Waals surface area contributed by atoms with Crippen LogP contribution in [0.3, 0.4) is 0 Å². The molecule has 0 spiro atoms. The topological polar surface area (TPSA) is 71.8 Å². The number of nitrogens with one attached hydrogen (secondary N) is 1. The number of amides is 2. The van der Waals surface area contributed by atoms with Crippen molar-refractivity contribution < 1.29 is 18.7 Å². The van der Waals surface area contributed by atoms with Crippen molar-refractivity contribution in [2.75, 3.05) is 26.7 Å². The number of furan rings is 1. The fourth-order valence-electron chi connectivity index (χ4n) is 3.50. The number of carbonyl (C=O) groups is 2. The smallest absolute Gasteiger partial charge is 0.289 e. The van der Waals surface area contributed by atoms with Gasteiger partial charge < -0.3 is 19.4 Å². The highest BCUT2D eigenvalue weighted by atomic mass is 16.5. The summed E-state index contributed by atoms with van der Waals surface area (Å²) in [6, 6.07) is 9.39. The number of hydrogen-bond acceptors (Lipinski definition) is 4. The zero-order chi connectivity index (χ0) is 19.2. The molecule has 0 saturated carbocycles. The first-order valence-electron chi connectivity index (χ1n) is 9.32. The molecule has 6 nitrogen and oxygen atoms in total. The normalized spacial score (nSPS) is 16.8. The second kappa shape index (κ2) is 8.75. The summed E-state index contributed by atoms with van der Waals surface area (Å²) in [5, 5.41) is 3.01. The molecule has 0 aliphatic carbocycles. The van der Waals surface area contributed by atoms with Crippen molar-refractivity contribution in [1.82, 2.24) is 10.2 Å². The molecule has 1 fully saturated rings. The third-order valence-corrected chi connectivity index (χ3v) is 4.94. The third-order valence-electron chi connectivity index (χ3n) is 4.94. The predicted molar refractivity (Wildman–Crippen MR) is 102 cm³/mol. The van der Waals surface area contributed by atoms with Crippen LogP contribution in [0.25, 0.3) is 0 Å². The van der Waals surface area contributed by atoms with Crippen LogP contribution in [0.4, 0.5) is 0 Å². The molecule has 27 heavy (non-hydrogen) atoms. The van der Waals surface area contributed by atoms with Crippen LogP contribution in [0, 0.1) is 12.8 Å². The number of ether oxygens (including phenoxy) is 1. The summed E-state index contributed by atoms with van der Waals surface area (Å²) in [5.74, 6) is 0.822. The number of methoxy groups -OCH3 is 1. The van der Waals surface area contributed by atoms with Crippen LogP contribution in [-0.4, -0.2) is 43.5 Å². The van der Waals surface area contributed by atoms with Gasteiger partial charge in [-0.25, -0.2) is 0 Å². The molecule has 1 saturated heterocycles. The molecular formula is C21H26N2O4. The van der Waals surface area contributed by atoms with E-state index < -0.39 is 0 Å². The monoisotopic (exact) mass is 370 g/mol. The third kappa shape index (κ3) is 4.70. The van der Waals surface area contributed by atoms with Gasteiger partial charge in [0, 0.05) is 19.6 Å². The molecular weight excluding hydrogens is 344 g/mol. The highest BCUT2D eigenvalue weighted by molar-refractivity contribution is 5.92. The maximum absolute atomic E-state index is 12.6. The summed E-state index contributed by atoms with van der Waals surface area (Å²) in [6.45, 7) is 3.67. The van der Waals surface area contributed by atoms with Crippen molar-refractivity contribution in [2.45, 2.75) is 26.2 Å². The summed E-state index contributed by atoms with van der Waals surface area (Å²) in [6.07, 6.45) is 3.80. The van der Waals surface area contributed by atoms with Gasteiger partial charge in [0.15, 0.2) is 5.76 Å². The zero-order valence-corrected chi connectivity index (χ0v) is 15.9. The van der Waals surface area contributed by atoms with Crippen molar-refractivity contribution >= 4 is 11.8 Å². The van der Waals surface area contributed by atoms with Crippen LogP contribution < -0.4 is 10.1 Å². The second-order valence-corrected chi connectivity index (χ2v) is 6.92. The van der Waals surface area contributed by atoms with E-state index in [9.17, 15) is 9.59 Å². The van der Waals surface area contributed by atoms with Crippen molar-refractivity contribution in [3.05, 3.63) is 53.5 Å². The largest absolute Gasteiger partial charge is 0.496 e. The first-order chi connectivity index (χ1) is 13.1. The number of nitrogens with zero attached hydrogens (tertiary/aromatic N) is 1. The Morgan fingerprint density at radius 1 is 1.33 bits per heavy atom. The molecule has 1 N–H and O–H groups in total. The molecule has 2 amide bonds. The van der Waals surface area contributed by atoms with Crippen LogP contribution in [0.2, 0.25) is 0 Å². The van der Waals surface area contributed by atoms with Crippen LogP contribution in [0.15, 0.2) is 41.0 Å². The Labute approximate surface area is 159 Å². The fraction of sp³-hybridized carbons (Fsp3) is 0.429. The first kappa shape index (κ1) is 19.0. The Balaban J connectivity index is 1.52. The minimum absolute atomic E-state index is 0.00133. The Morgan fingerprint density at radius 3 is 2.93 bits per heavy atom. The molecule has 1 aliphatic heterocycles. The lowest BCUT2D eigenvalue weighted by molar-refractivity contribution is -0.126. The van der Waals surface area contributed by atoms with E-state index >= 15 is 0 Å². The van der Waals surface area contributed by atoms with E-state index in [4.69, 9.17) is 9.15 Å². The minimum atomic E-state index is -0.183. The molecule has 0 bridgehead atoms. The molecule has 144 valence electrons. The van der Waals surface area contributed by atoms with E-state index in [0.717, 1.165) is 29.7 Å². The molecule has 1 aromatic heterocycles. The highest BCUT2D eigenvalue weighted by Gasteiger charge is 2.29. The van der Waals surface area contributed by atoms with E-state index in [-0.39, 0.29) is 17.7 Å². The summed E-state index contributed by atoms with van der Waals surface area (Å²) >= 11 is 0. The van der Waals surface area contributed by atoms with Crippen molar-refractivity contribution in [1.29, 1.82) is 0 Å². The summed E-state index contributed by atoms with van der Waals surface area (Å²) in [7, 11) is 1.65. The lowest BCUT2D eigenvalue weighted by Crippen LogP contribution is -2.45. The van der Waals surface area contributed by atoms with Crippen molar-refractivity contribution in [3.8, 4) is 5.75 Å². The van der Waals surface area contributed by atoms with Gasteiger partial charge in [0.1, 0.15) is 5.75 Å². The number of hydrogen-bond donors (Lipinski definition) is 1. The molecule has 0 radical (unpaired) electrons. The molecule has 6 heteroatoms. The van der Waals surface area contributed by atoms with E-state index in [1.54, 1.807) is 24.1 Å². The number of benzene rings is 1. The Morgan fingerprint density at radius 2 is 2.19 bits per heavy atom. The fourth-order valence-corrected chi connectivity index (χ4v) is 3.50. The molecule has 2 heterocycles. The van der Waals surface area contributed by atoms with Crippen LogP contribution >= 0.6 is 0 Å². The van der Waals surface area contributed by atoms with E-state index in [0.29, 0.717) is 31.8 Å². The van der Waals surface area contributed by atoms with Gasteiger partial charge in [0.05, 0.1) is 19.3 Å². The standard InChI is InChI=1S/C21H26N2O4/c1-15-7-8-18(26-2)16(13-15)9-10-22-20(24)17-5-3-11-23(14-17)21(25)19-6-4-12-27-19/h4,6-8,12-13,17H,3,5,9-11,14H2,1-2H3,(H,22,24)/t17-/m0/s1. The number of carbonyl (C=O) groups excluding carboxylic acids is 2. The zero-order valence-electron chi connectivity index (χ0n) is 15.9. The summed E-state index contributed by atoms with van der Waals surface area (Å²) in [4.78, 5) is 26.7. The average Bonchev–Trinajstić information content (AvgIpc) is 3.22. The van der Waals surface area contributed by atoms with Gasteiger partial charge in [-0.05, 0) is 49.9 Å². The van der Waals surface area contributed by atoms with Crippen LogP contribution in [-0.2, 0) is 11.2 Å². The lowest BCUT2D eigenvalue weighted by atomic mass is 9.96. The molecule has 1 atom stereocenters. The molecule has 3 rings (SSSR count). The molecule has 1 aliphatic rings. The average molecular weight is 370 g/mol. The van der Waals surface area contributed by atoms with Gasteiger partial charge in [0.2, 0.25) is 5.91 Å². The Kier molecular flexibility index (Phi) is 6.16. The molecule has 1 aromatic carbocycles. The van der Waals surface area contributed by atoms with Gasteiger partial charge in [0.25, 0.3) is 5.91 Å². The van der Waals surface area contributed by atoms with Crippen LogP contribution in [0.1, 0.15) is 34.5 Å². The van der Waals surface area contributed by atoms with Crippen molar-refractivity contribution in [2.24, 2.45) is 5.92 Å². The van der Waals surface area contributed by atoms with E-state index in [1.165, 1.54) is 6.26 Å². The van der Waals surface area contributed by atoms with Crippen LogP contribution in [0.5, 0.6) is 5.75 Å². The van der Waals surface area contributed by atoms with E-state index in [2.05, 4.69) is 11.4 Å². The number of likely N-dealkylation sites (tertiary alicyclic amines) is 1. The van der Waals surface area contributed by atoms with Gasteiger partial charge >= 0.3 is 0 Å². The lowest BCUT2D eigenvalue weighted by Gasteiger charge is -2.31. The Hall–Kier alpha value is -2.76. The predicted octanol–water partition coefficient (Wildman–Crippen LogP) is 2.81. The quantitative estimate of drug-likeness (QED) is 0.849. The summed E-state index contributed by atoms with van der Waals surface area (Å²) in [5.41, 5.74) is 2.24. The van der Waals surface area contributed by atoms with E-state index in [1.807, 2.05) is 19.1 Å². The second-order valence-electron chi connectivity index (χ2n) is 6.92. The minimum Gasteiger partial charge on any atom is -0.496 e. The SMILES string of the molecule is COc1ccc(C)cc1CCNC(=O)[C@H]1CCCN(C(=O)c2ccco2)C1. The van der Waals surface area contributed by atoms with Gasteiger partial charge in [-0.3, -0.25) is 9.59 Å². The van der Waals surface area contributed by atoms with Crippen molar-refractivity contribution in [3.63, 3.8) is 0 Å². The van der Waals surface area contributed by atoms with Gasteiger partial charge in [-0.1, -0.05) is 17.7 Å². The number of rotatable bonds is 6. The molecule has 2 aromatic rings. The highest BCUT2D eigenvalue weighted by Crippen LogP contribution is 2.21. The van der Waals surface area contributed by atoms with Gasteiger partial charge in [-0.2, -0.15) is 0 Å². The summed E-state index contributed by atoms with van der Waals surface area (Å²) < 4.78 is 10.6. The van der Waals surface area contributed by atoms with Gasteiger partial charge in [-0.15, -0.1) is 0 Å². The number of aryl methyl sites for hydroxylation is 1. The maximum Gasteiger partial charge on any atom is 0.289 e. The first-order valence-corrected chi connectivity index (χ1v) is 9.32. The maximum atomic E-state index is 12.6.